The van der Waals surface area contributed by atoms with E-state index >= 15 is 0 Å². The zero-order valence-corrected chi connectivity index (χ0v) is 18.9. The summed E-state index contributed by atoms with van der Waals surface area (Å²) < 4.78 is 16.7. The fraction of sp³-hybridized carbons (Fsp3) is 0.538. The molecule has 0 saturated carbocycles. The number of benzene rings is 2. The average molecular weight is 423 g/mol. The van der Waals surface area contributed by atoms with Crippen molar-refractivity contribution < 1.29 is 14.2 Å². The van der Waals surface area contributed by atoms with Crippen LogP contribution in [0.2, 0.25) is 0 Å². The largest absolute Gasteiger partial charge is 0.496 e. The first-order chi connectivity index (χ1) is 15.2. The van der Waals surface area contributed by atoms with Gasteiger partial charge in [0.1, 0.15) is 5.75 Å². The second-order valence-corrected chi connectivity index (χ2v) is 9.16. The van der Waals surface area contributed by atoms with Gasteiger partial charge in [0.05, 0.1) is 21.3 Å². The van der Waals surface area contributed by atoms with Crippen molar-refractivity contribution >= 4 is 0 Å². The second-order valence-electron chi connectivity index (χ2n) is 9.16. The number of nitrogens with zero attached hydrogens (tertiary/aromatic N) is 1. The van der Waals surface area contributed by atoms with Crippen LogP contribution >= 0.6 is 0 Å². The van der Waals surface area contributed by atoms with Crippen molar-refractivity contribution in [3.8, 4) is 17.2 Å². The molecular weight excluding hydrogens is 388 g/mol. The van der Waals surface area contributed by atoms with E-state index < -0.39 is 0 Å². The Hall–Kier alpha value is -2.24. The molecule has 1 fully saturated rings. The van der Waals surface area contributed by atoms with E-state index in [2.05, 4.69) is 40.5 Å². The molecule has 2 heterocycles. The van der Waals surface area contributed by atoms with Crippen LogP contribution in [-0.2, 0) is 19.4 Å². The molecule has 3 aliphatic rings. The van der Waals surface area contributed by atoms with Crippen molar-refractivity contribution in [2.75, 3.05) is 41.0 Å². The Balaban J connectivity index is 1.28. The molecule has 0 amide bonds. The van der Waals surface area contributed by atoms with Crippen molar-refractivity contribution in [1.29, 1.82) is 0 Å². The molecular formula is C26H34N2O3. The predicted molar refractivity (Wildman–Crippen MR) is 122 cm³/mol. The summed E-state index contributed by atoms with van der Waals surface area (Å²) in [7, 11) is 5.22. The summed E-state index contributed by atoms with van der Waals surface area (Å²) in [5.74, 6) is 4.10. The summed E-state index contributed by atoms with van der Waals surface area (Å²) >= 11 is 0. The standard InChI is InChI=1S/C26H34N2O3/c1-29-23-6-4-5-21-20(23)8-7-18-15-27-22(26(18)21)10-12-28-11-9-17-13-24(30-2)25(31-3)14-19(17)16-28/h4-6,13-14,18,22,26-27H,7-12,15-16H2,1-3H3/t18-,22?,26+/m0/s1. The van der Waals surface area contributed by atoms with Gasteiger partial charge in [-0.2, -0.15) is 0 Å². The lowest BCUT2D eigenvalue weighted by Crippen LogP contribution is -2.36. The molecule has 0 bridgehead atoms. The Kier molecular flexibility index (Phi) is 5.81. The summed E-state index contributed by atoms with van der Waals surface area (Å²) in [5.41, 5.74) is 5.72. The Labute approximate surface area is 185 Å². The fourth-order valence-electron chi connectivity index (χ4n) is 6.06. The van der Waals surface area contributed by atoms with Gasteiger partial charge >= 0.3 is 0 Å². The van der Waals surface area contributed by atoms with Crippen molar-refractivity contribution in [1.82, 2.24) is 10.2 Å². The topological polar surface area (TPSA) is 43.0 Å². The zero-order valence-electron chi connectivity index (χ0n) is 18.9. The molecule has 166 valence electrons. The molecule has 1 aliphatic carbocycles. The van der Waals surface area contributed by atoms with Crippen LogP contribution in [0.25, 0.3) is 0 Å². The quantitative estimate of drug-likeness (QED) is 0.768. The van der Waals surface area contributed by atoms with Gasteiger partial charge in [0.25, 0.3) is 0 Å². The van der Waals surface area contributed by atoms with E-state index in [9.17, 15) is 0 Å². The Morgan fingerprint density at radius 3 is 2.52 bits per heavy atom. The molecule has 1 saturated heterocycles. The van der Waals surface area contributed by atoms with E-state index in [0.717, 1.165) is 62.2 Å². The van der Waals surface area contributed by atoms with Crippen molar-refractivity contribution in [3.05, 3.63) is 52.6 Å². The third-order valence-electron chi connectivity index (χ3n) is 7.65. The molecule has 2 aromatic carbocycles. The van der Waals surface area contributed by atoms with E-state index in [-0.39, 0.29) is 0 Å². The van der Waals surface area contributed by atoms with Crippen LogP contribution in [0.4, 0.5) is 0 Å². The monoisotopic (exact) mass is 422 g/mol. The lowest BCUT2D eigenvalue weighted by atomic mass is 9.73. The lowest BCUT2D eigenvalue weighted by Gasteiger charge is -2.34. The minimum Gasteiger partial charge on any atom is -0.496 e. The molecule has 2 aromatic rings. The SMILES string of the molecule is COc1cc2c(cc1OC)CN(CCC1NC[C@@H]3CCc4c(OC)cccc4[C@H]13)CC2. The number of hydrogen-bond acceptors (Lipinski definition) is 5. The Bertz CT molecular complexity index is 944. The predicted octanol–water partition coefficient (Wildman–Crippen LogP) is 3.78. The molecule has 2 aliphatic heterocycles. The number of ether oxygens (including phenoxy) is 3. The van der Waals surface area contributed by atoms with Crippen molar-refractivity contribution in [3.63, 3.8) is 0 Å². The molecule has 0 spiro atoms. The molecule has 1 unspecified atom stereocenters. The maximum absolute atomic E-state index is 5.67. The maximum Gasteiger partial charge on any atom is 0.161 e. The summed E-state index contributed by atoms with van der Waals surface area (Å²) in [5, 5.41) is 3.87. The summed E-state index contributed by atoms with van der Waals surface area (Å²) in [4.78, 5) is 2.60. The third-order valence-corrected chi connectivity index (χ3v) is 7.65. The molecule has 0 radical (unpaired) electrons. The van der Waals surface area contributed by atoms with E-state index in [0.29, 0.717) is 12.0 Å². The maximum atomic E-state index is 5.67. The summed E-state index contributed by atoms with van der Waals surface area (Å²) in [6.07, 6.45) is 4.66. The van der Waals surface area contributed by atoms with Crippen LogP contribution in [0, 0.1) is 5.92 Å². The van der Waals surface area contributed by atoms with E-state index in [1.54, 1.807) is 21.3 Å². The first-order valence-electron chi connectivity index (χ1n) is 11.6. The van der Waals surface area contributed by atoms with Gasteiger partial charge in [0, 0.05) is 25.0 Å². The van der Waals surface area contributed by atoms with Gasteiger partial charge in [-0.25, -0.2) is 0 Å². The molecule has 5 nitrogen and oxygen atoms in total. The van der Waals surface area contributed by atoms with Crippen LogP contribution in [-0.4, -0.2) is 51.9 Å². The normalized spacial score (nSPS) is 24.8. The molecule has 5 rings (SSSR count). The number of fused-ring (bicyclic) bond motifs is 4. The third kappa shape index (κ3) is 3.79. The van der Waals surface area contributed by atoms with Gasteiger partial charge in [-0.1, -0.05) is 12.1 Å². The molecule has 3 atom stereocenters. The number of hydrogen-bond donors (Lipinski definition) is 1. The van der Waals surface area contributed by atoms with Gasteiger partial charge in [-0.05, 0) is 85.1 Å². The van der Waals surface area contributed by atoms with Crippen LogP contribution in [0.1, 0.15) is 41.0 Å². The highest BCUT2D eigenvalue weighted by Gasteiger charge is 2.40. The average Bonchev–Trinajstić information content (AvgIpc) is 3.24. The van der Waals surface area contributed by atoms with Crippen LogP contribution in [0.5, 0.6) is 17.2 Å². The van der Waals surface area contributed by atoms with E-state index in [4.69, 9.17) is 14.2 Å². The second kappa shape index (κ2) is 8.71. The highest BCUT2D eigenvalue weighted by Crippen LogP contribution is 2.45. The van der Waals surface area contributed by atoms with Crippen molar-refractivity contribution in [2.24, 2.45) is 5.92 Å². The first-order valence-corrected chi connectivity index (χ1v) is 11.6. The lowest BCUT2D eigenvalue weighted by molar-refractivity contribution is 0.235. The van der Waals surface area contributed by atoms with Gasteiger partial charge in [0.2, 0.25) is 0 Å². The summed E-state index contributed by atoms with van der Waals surface area (Å²) in [6.45, 7) is 4.36. The van der Waals surface area contributed by atoms with Crippen LogP contribution in [0.15, 0.2) is 30.3 Å². The minimum absolute atomic E-state index is 0.544. The Morgan fingerprint density at radius 2 is 1.74 bits per heavy atom. The summed E-state index contributed by atoms with van der Waals surface area (Å²) in [6, 6.07) is 11.5. The zero-order chi connectivity index (χ0) is 21.4. The Morgan fingerprint density at radius 1 is 0.968 bits per heavy atom. The van der Waals surface area contributed by atoms with Gasteiger partial charge < -0.3 is 19.5 Å². The highest BCUT2D eigenvalue weighted by atomic mass is 16.5. The number of nitrogens with one attached hydrogen (secondary N) is 1. The van der Waals surface area contributed by atoms with Crippen molar-refractivity contribution in [2.45, 2.75) is 44.2 Å². The van der Waals surface area contributed by atoms with Crippen LogP contribution in [0.3, 0.4) is 0 Å². The molecule has 0 aromatic heterocycles. The smallest absolute Gasteiger partial charge is 0.161 e. The minimum atomic E-state index is 0.544. The molecule has 31 heavy (non-hydrogen) atoms. The first kappa shape index (κ1) is 20.7. The van der Waals surface area contributed by atoms with Gasteiger partial charge in [-0.3, -0.25) is 4.90 Å². The van der Waals surface area contributed by atoms with Gasteiger partial charge in [0.15, 0.2) is 11.5 Å². The molecule has 5 heteroatoms. The highest BCUT2D eigenvalue weighted by molar-refractivity contribution is 5.48. The van der Waals surface area contributed by atoms with E-state index in [1.807, 2.05) is 0 Å². The van der Waals surface area contributed by atoms with Gasteiger partial charge in [-0.15, -0.1) is 0 Å². The van der Waals surface area contributed by atoms with E-state index in [1.165, 1.54) is 35.1 Å². The van der Waals surface area contributed by atoms with Crippen LogP contribution < -0.4 is 19.5 Å². The number of rotatable bonds is 6. The number of methoxy groups -OCH3 is 3. The molecule has 1 N–H and O–H groups in total. The fourth-order valence-corrected chi connectivity index (χ4v) is 6.06.